The number of anilines is 2. The van der Waals surface area contributed by atoms with Gasteiger partial charge in [-0.15, -0.1) is 0 Å². The SMILES string of the molecule is CC[C@H](CO)Nc1nc(NCc2ccccc2)c2[nH]cnc2n1. The molecule has 2 heterocycles. The van der Waals surface area contributed by atoms with Crippen molar-refractivity contribution in [3.8, 4) is 0 Å². The number of H-pyrrole nitrogens is 1. The lowest BCUT2D eigenvalue weighted by Crippen LogP contribution is -2.24. The van der Waals surface area contributed by atoms with E-state index in [1.54, 1.807) is 6.33 Å². The zero-order valence-corrected chi connectivity index (χ0v) is 13.0. The molecule has 0 fully saturated rings. The number of aromatic amines is 1. The van der Waals surface area contributed by atoms with Gasteiger partial charge in [-0.05, 0) is 12.0 Å². The fraction of sp³-hybridized carbons (Fsp3) is 0.312. The number of hydrogen-bond donors (Lipinski definition) is 4. The largest absolute Gasteiger partial charge is 0.394 e. The molecule has 0 saturated carbocycles. The van der Waals surface area contributed by atoms with Gasteiger partial charge in [0.25, 0.3) is 0 Å². The summed E-state index contributed by atoms with van der Waals surface area (Å²) in [5, 5.41) is 15.8. The molecule has 0 spiro atoms. The Balaban J connectivity index is 1.84. The topological polar surface area (TPSA) is 98.8 Å². The molecule has 0 bridgehead atoms. The van der Waals surface area contributed by atoms with Crippen LogP contribution >= 0.6 is 0 Å². The molecule has 0 aliphatic carbocycles. The Labute approximate surface area is 134 Å². The summed E-state index contributed by atoms with van der Waals surface area (Å²) < 4.78 is 0. The number of benzene rings is 1. The lowest BCUT2D eigenvalue weighted by Gasteiger charge is -2.15. The van der Waals surface area contributed by atoms with E-state index >= 15 is 0 Å². The highest BCUT2D eigenvalue weighted by Crippen LogP contribution is 2.20. The van der Waals surface area contributed by atoms with Crippen molar-refractivity contribution in [2.75, 3.05) is 17.2 Å². The molecule has 1 atom stereocenters. The first kappa shape index (κ1) is 15.2. The molecule has 3 rings (SSSR count). The summed E-state index contributed by atoms with van der Waals surface area (Å²) in [6, 6.07) is 10.0. The second-order valence-corrected chi connectivity index (χ2v) is 5.27. The predicted octanol–water partition coefficient (Wildman–Crippen LogP) is 2.15. The maximum Gasteiger partial charge on any atom is 0.227 e. The van der Waals surface area contributed by atoms with E-state index in [-0.39, 0.29) is 12.6 Å². The maximum atomic E-state index is 9.33. The molecule has 0 aliphatic rings. The van der Waals surface area contributed by atoms with Crippen LogP contribution in [0, 0.1) is 0 Å². The summed E-state index contributed by atoms with van der Waals surface area (Å²) in [5.74, 6) is 1.15. The van der Waals surface area contributed by atoms with Crippen LogP contribution in [0.25, 0.3) is 11.2 Å². The van der Waals surface area contributed by atoms with Crippen molar-refractivity contribution in [3.05, 3.63) is 42.2 Å². The number of aliphatic hydroxyl groups is 1. The first-order chi connectivity index (χ1) is 11.3. The third kappa shape index (κ3) is 3.57. The predicted molar refractivity (Wildman–Crippen MR) is 90.2 cm³/mol. The molecule has 0 unspecified atom stereocenters. The molecule has 7 nitrogen and oxygen atoms in total. The van der Waals surface area contributed by atoms with E-state index in [2.05, 4.69) is 42.7 Å². The highest BCUT2D eigenvalue weighted by Gasteiger charge is 2.12. The lowest BCUT2D eigenvalue weighted by atomic mass is 10.2. The van der Waals surface area contributed by atoms with Crippen LogP contribution in [0.3, 0.4) is 0 Å². The van der Waals surface area contributed by atoms with Gasteiger partial charge in [0.05, 0.1) is 19.0 Å². The minimum absolute atomic E-state index is 0.0330. The smallest absolute Gasteiger partial charge is 0.227 e. The standard InChI is InChI=1S/C16H20N6O/c1-2-12(9-23)20-16-21-14(13-15(22-16)19-10-18-13)17-8-11-6-4-3-5-7-11/h3-7,10,12,23H,2,8-9H2,1H3,(H3,17,18,19,20,21,22)/t12-/m1/s1. The zero-order valence-electron chi connectivity index (χ0n) is 13.0. The van der Waals surface area contributed by atoms with Gasteiger partial charge in [-0.2, -0.15) is 9.97 Å². The molecule has 2 aromatic heterocycles. The summed E-state index contributed by atoms with van der Waals surface area (Å²) >= 11 is 0. The first-order valence-electron chi connectivity index (χ1n) is 7.66. The number of rotatable bonds is 7. The van der Waals surface area contributed by atoms with E-state index in [9.17, 15) is 5.11 Å². The number of fused-ring (bicyclic) bond motifs is 1. The van der Waals surface area contributed by atoms with Crippen LogP contribution in [0.5, 0.6) is 0 Å². The number of nitrogens with zero attached hydrogens (tertiary/aromatic N) is 3. The zero-order chi connectivity index (χ0) is 16.1. The van der Waals surface area contributed by atoms with E-state index in [4.69, 9.17) is 0 Å². The molecule has 1 aromatic carbocycles. The van der Waals surface area contributed by atoms with E-state index in [1.165, 1.54) is 0 Å². The van der Waals surface area contributed by atoms with Gasteiger partial charge < -0.3 is 20.7 Å². The summed E-state index contributed by atoms with van der Waals surface area (Å²) in [4.78, 5) is 16.1. The van der Waals surface area contributed by atoms with Gasteiger partial charge in [0.15, 0.2) is 11.5 Å². The average molecular weight is 312 g/mol. The lowest BCUT2D eigenvalue weighted by molar-refractivity contribution is 0.271. The molecule has 0 radical (unpaired) electrons. The molecule has 120 valence electrons. The number of aliphatic hydroxyl groups excluding tert-OH is 1. The van der Waals surface area contributed by atoms with Crippen LogP contribution in [-0.4, -0.2) is 37.7 Å². The summed E-state index contributed by atoms with van der Waals surface area (Å²) in [6.45, 7) is 2.68. The van der Waals surface area contributed by atoms with Crippen molar-refractivity contribution in [2.24, 2.45) is 0 Å². The summed E-state index contributed by atoms with van der Waals surface area (Å²) in [6.07, 6.45) is 2.38. The Morgan fingerprint density at radius 2 is 2.04 bits per heavy atom. The highest BCUT2D eigenvalue weighted by molar-refractivity contribution is 5.83. The number of aromatic nitrogens is 4. The van der Waals surface area contributed by atoms with Crippen molar-refractivity contribution in [1.82, 2.24) is 19.9 Å². The molecule has 7 heteroatoms. The third-order valence-electron chi connectivity index (χ3n) is 3.63. The first-order valence-corrected chi connectivity index (χ1v) is 7.66. The fourth-order valence-corrected chi connectivity index (χ4v) is 2.27. The van der Waals surface area contributed by atoms with Crippen molar-refractivity contribution in [3.63, 3.8) is 0 Å². The van der Waals surface area contributed by atoms with Gasteiger partial charge >= 0.3 is 0 Å². The van der Waals surface area contributed by atoms with Crippen LogP contribution in [0.1, 0.15) is 18.9 Å². The Morgan fingerprint density at radius 1 is 1.22 bits per heavy atom. The second kappa shape index (κ2) is 7.06. The molecule has 23 heavy (non-hydrogen) atoms. The molecular formula is C16H20N6O. The van der Waals surface area contributed by atoms with Gasteiger partial charge in [-0.3, -0.25) is 0 Å². The van der Waals surface area contributed by atoms with Crippen LogP contribution in [0.15, 0.2) is 36.7 Å². The quantitative estimate of drug-likeness (QED) is 0.533. The van der Waals surface area contributed by atoms with Gasteiger partial charge in [0.1, 0.15) is 5.52 Å². The Hall–Kier alpha value is -2.67. The molecule has 0 aliphatic heterocycles. The number of hydrogen-bond acceptors (Lipinski definition) is 6. The van der Waals surface area contributed by atoms with Gasteiger partial charge in [0.2, 0.25) is 5.95 Å². The van der Waals surface area contributed by atoms with Crippen molar-refractivity contribution in [1.29, 1.82) is 0 Å². The number of imidazole rings is 1. The van der Waals surface area contributed by atoms with Crippen molar-refractivity contribution >= 4 is 22.9 Å². The van der Waals surface area contributed by atoms with Gasteiger partial charge in [-0.25, -0.2) is 4.98 Å². The highest BCUT2D eigenvalue weighted by atomic mass is 16.3. The molecule has 3 aromatic rings. The molecule has 4 N–H and O–H groups in total. The van der Waals surface area contributed by atoms with Gasteiger partial charge in [0, 0.05) is 6.54 Å². The maximum absolute atomic E-state index is 9.33. The van der Waals surface area contributed by atoms with Crippen molar-refractivity contribution < 1.29 is 5.11 Å². The van der Waals surface area contributed by atoms with Gasteiger partial charge in [-0.1, -0.05) is 37.3 Å². The molecule has 0 amide bonds. The average Bonchev–Trinajstić information content (AvgIpc) is 3.07. The third-order valence-corrected chi connectivity index (χ3v) is 3.63. The van der Waals surface area contributed by atoms with Crippen molar-refractivity contribution in [2.45, 2.75) is 25.9 Å². The summed E-state index contributed by atoms with van der Waals surface area (Å²) in [7, 11) is 0. The van der Waals surface area contributed by atoms with E-state index in [0.717, 1.165) is 17.5 Å². The normalized spacial score (nSPS) is 12.3. The van der Waals surface area contributed by atoms with Crippen LogP contribution in [-0.2, 0) is 6.54 Å². The minimum Gasteiger partial charge on any atom is -0.394 e. The van der Waals surface area contributed by atoms with Crippen LogP contribution < -0.4 is 10.6 Å². The fourth-order valence-electron chi connectivity index (χ4n) is 2.27. The molecular weight excluding hydrogens is 292 g/mol. The second-order valence-electron chi connectivity index (χ2n) is 5.27. The van der Waals surface area contributed by atoms with Crippen LogP contribution in [0.4, 0.5) is 11.8 Å². The molecule has 0 saturated heterocycles. The van der Waals surface area contributed by atoms with E-state index in [1.807, 2.05) is 25.1 Å². The Kier molecular flexibility index (Phi) is 4.68. The number of nitrogens with one attached hydrogen (secondary N) is 3. The monoisotopic (exact) mass is 312 g/mol. The van der Waals surface area contributed by atoms with E-state index < -0.39 is 0 Å². The summed E-state index contributed by atoms with van der Waals surface area (Å²) in [5.41, 5.74) is 2.52. The Bertz CT molecular complexity index is 754. The minimum atomic E-state index is -0.0756. The van der Waals surface area contributed by atoms with E-state index in [0.29, 0.717) is 24.0 Å². The Morgan fingerprint density at radius 3 is 2.78 bits per heavy atom. The van der Waals surface area contributed by atoms with Crippen LogP contribution in [0.2, 0.25) is 0 Å².